The highest BCUT2D eigenvalue weighted by Gasteiger charge is 2.35. The number of carbonyl (C=O) groups excluding carboxylic acids is 2. The third kappa shape index (κ3) is 7.95. The first-order chi connectivity index (χ1) is 20.5. The van der Waals surface area contributed by atoms with Gasteiger partial charge in [-0.3, -0.25) is 13.9 Å². The minimum atomic E-state index is -4.28. The summed E-state index contributed by atoms with van der Waals surface area (Å²) in [7, 11) is -2.88. The van der Waals surface area contributed by atoms with E-state index in [2.05, 4.69) is 5.32 Å². The van der Waals surface area contributed by atoms with Crippen LogP contribution in [0, 0.1) is 0 Å². The van der Waals surface area contributed by atoms with Gasteiger partial charge in [0, 0.05) is 17.6 Å². The van der Waals surface area contributed by atoms with Crippen molar-refractivity contribution >= 4 is 62.3 Å². The molecule has 1 aliphatic rings. The van der Waals surface area contributed by atoms with Crippen LogP contribution in [0.25, 0.3) is 0 Å². The van der Waals surface area contributed by atoms with E-state index in [4.69, 9.17) is 39.5 Å². The molecule has 3 aromatic rings. The summed E-state index contributed by atoms with van der Waals surface area (Å²) in [4.78, 5) is 29.3. The fourth-order valence-corrected chi connectivity index (χ4v) is 7.14. The third-order valence-corrected chi connectivity index (χ3v) is 10.2. The van der Waals surface area contributed by atoms with Gasteiger partial charge in [-0.1, -0.05) is 78.8 Å². The summed E-state index contributed by atoms with van der Waals surface area (Å²) in [6.07, 6.45) is 4.11. The van der Waals surface area contributed by atoms with Crippen molar-refractivity contribution in [2.75, 3.05) is 18.0 Å². The first kappa shape index (κ1) is 32.9. The molecule has 43 heavy (non-hydrogen) atoms. The van der Waals surface area contributed by atoms with Crippen molar-refractivity contribution < 1.29 is 22.7 Å². The highest BCUT2D eigenvalue weighted by molar-refractivity contribution is 7.92. The summed E-state index contributed by atoms with van der Waals surface area (Å²) < 4.78 is 34.6. The van der Waals surface area contributed by atoms with Gasteiger partial charge in [0.15, 0.2) is 0 Å². The molecule has 3 aromatic carbocycles. The minimum Gasteiger partial charge on any atom is -0.495 e. The molecule has 1 fully saturated rings. The molecule has 1 aliphatic carbocycles. The van der Waals surface area contributed by atoms with Crippen LogP contribution in [0.2, 0.25) is 15.1 Å². The topological polar surface area (TPSA) is 96.0 Å². The van der Waals surface area contributed by atoms with Gasteiger partial charge in [0.2, 0.25) is 11.8 Å². The maximum Gasteiger partial charge on any atom is 0.264 e. The van der Waals surface area contributed by atoms with E-state index < -0.39 is 28.5 Å². The Balaban J connectivity index is 1.77. The largest absolute Gasteiger partial charge is 0.495 e. The molecule has 0 aromatic heterocycles. The number of nitrogens with zero attached hydrogens (tertiary/aromatic N) is 2. The first-order valence-corrected chi connectivity index (χ1v) is 16.6. The van der Waals surface area contributed by atoms with Crippen LogP contribution in [0.4, 0.5) is 5.69 Å². The number of sulfonamides is 1. The Morgan fingerprint density at radius 3 is 2.30 bits per heavy atom. The zero-order valence-corrected chi connectivity index (χ0v) is 27.0. The molecule has 12 heteroatoms. The Labute approximate surface area is 267 Å². The van der Waals surface area contributed by atoms with Gasteiger partial charge in [-0.25, -0.2) is 8.42 Å². The van der Waals surface area contributed by atoms with Crippen LogP contribution in [0.15, 0.2) is 71.6 Å². The van der Waals surface area contributed by atoms with Gasteiger partial charge in [-0.15, -0.1) is 0 Å². The molecule has 0 heterocycles. The van der Waals surface area contributed by atoms with E-state index in [0.29, 0.717) is 22.0 Å². The minimum absolute atomic E-state index is 0.00176. The normalized spacial score (nSPS) is 14.3. The summed E-state index contributed by atoms with van der Waals surface area (Å²) >= 11 is 18.7. The zero-order chi connectivity index (χ0) is 31.1. The number of rotatable bonds is 12. The SMILES string of the molecule is CC[C@@H](C(=O)NC1CCCC1)N(Cc1ccc(Cl)c(Cl)c1)C(=O)CN(c1cc(Cl)ccc1OC)S(=O)(=O)c1ccccc1. The van der Waals surface area contributed by atoms with Crippen LogP contribution in [-0.2, 0) is 26.2 Å². The van der Waals surface area contributed by atoms with Crippen molar-refractivity contribution in [3.8, 4) is 5.75 Å². The van der Waals surface area contributed by atoms with Gasteiger partial charge in [0.25, 0.3) is 10.0 Å². The van der Waals surface area contributed by atoms with Crippen molar-refractivity contribution in [2.45, 2.75) is 62.6 Å². The molecule has 230 valence electrons. The van der Waals surface area contributed by atoms with Crippen molar-refractivity contribution in [3.63, 3.8) is 0 Å². The number of nitrogens with one attached hydrogen (secondary N) is 1. The summed E-state index contributed by atoms with van der Waals surface area (Å²) in [5.74, 6) is -0.680. The van der Waals surface area contributed by atoms with Gasteiger partial charge >= 0.3 is 0 Å². The second-order valence-corrected chi connectivity index (χ2v) is 13.4. The van der Waals surface area contributed by atoms with Gasteiger partial charge in [-0.05, 0) is 67.3 Å². The van der Waals surface area contributed by atoms with E-state index in [0.717, 1.165) is 30.0 Å². The van der Waals surface area contributed by atoms with Crippen LogP contribution in [0.5, 0.6) is 5.75 Å². The molecule has 1 N–H and O–H groups in total. The first-order valence-electron chi connectivity index (χ1n) is 14.0. The smallest absolute Gasteiger partial charge is 0.264 e. The lowest BCUT2D eigenvalue weighted by molar-refractivity contribution is -0.140. The molecule has 0 radical (unpaired) electrons. The predicted octanol–water partition coefficient (Wildman–Crippen LogP) is 6.72. The number of amides is 2. The molecule has 0 bridgehead atoms. The fraction of sp³-hybridized carbons (Fsp3) is 0.355. The van der Waals surface area contributed by atoms with E-state index in [-0.39, 0.29) is 39.8 Å². The van der Waals surface area contributed by atoms with Crippen LogP contribution < -0.4 is 14.4 Å². The second kappa shape index (κ2) is 14.7. The van der Waals surface area contributed by atoms with E-state index in [1.165, 1.54) is 36.3 Å². The van der Waals surface area contributed by atoms with Crippen LogP contribution in [0.3, 0.4) is 0 Å². The molecule has 1 saturated carbocycles. The Kier molecular flexibility index (Phi) is 11.2. The average molecular weight is 667 g/mol. The Hall–Kier alpha value is -2.98. The number of anilines is 1. The molecular weight excluding hydrogens is 633 g/mol. The lowest BCUT2D eigenvalue weighted by Gasteiger charge is -2.34. The van der Waals surface area contributed by atoms with Crippen molar-refractivity contribution in [2.24, 2.45) is 0 Å². The average Bonchev–Trinajstić information content (AvgIpc) is 3.51. The number of hydrogen-bond donors (Lipinski definition) is 1. The van der Waals surface area contributed by atoms with Crippen molar-refractivity contribution in [1.82, 2.24) is 10.2 Å². The Morgan fingerprint density at radius 1 is 0.977 bits per heavy atom. The maximum absolute atomic E-state index is 14.3. The summed E-state index contributed by atoms with van der Waals surface area (Å²) in [6.45, 7) is 1.19. The quantitative estimate of drug-likeness (QED) is 0.232. The molecule has 8 nitrogen and oxygen atoms in total. The standard InChI is InChI=1S/C31H34Cl3N3O5S/c1-3-27(31(39)35-23-9-7-8-10-23)36(19-21-13-15-25(33)26(34)17-21)30(38)20-37(28-18-22(32)14-16-29(28)42-2)43(40,41)24-11-5-4-6-12-24/h4-6,11-18,23,27H,3,7-10,19-20H2,1-2H3,(H,35,39)/t27-/m0/s1. The van der Waals surface area contributed by atoms with E-state index >= 15 is 0 Å². The Bertz CT molecular complexity index is 1550. The highest BCUT2D eigenvalue weighted by atomic mass is 35.5. The van der Waals surface area contributed by atoms with E-state index in [1.807, 2.05) is 6.92 Å². The number of methoxy groups -OCH3 is 1. The molecule has 2 amide bonds. The van der Waals surface area contributed by atoms with Gasteiger partial charge < -0.3 is 15.0 Å². The second-order valence-electron chi connectivity index (χ2n) is 10.3. The van der Waals surface area contributed by atoms with E-state index in [9.17, 15) is 18.0 Å². The molecule has 0 saturated heterocycles. The van der Waals surface area contributed by atoms with Crippen LogP contribution in [0.1, 0.15) is 44.6 Å². The number of ether oxygens (including phenoxy) is 1. The van der Waals surface area contributed by atoms with E-state index in [1.54, 1.807) is 42.5 Å². The summed E-state index contributed by atoms with van der Waals surface area (Å²) in [6, 6.07) is 16.4. The zero-order valence-electron chi connectivity index (χ0n) is 23.9. The molecular formula is C31H34Cl3N3O5S. The molecule has 0 unspecified atom stereocenters. The van der Waals surface area contributed by atoms with Gasteiger partial charge in [0.1, 0.15) is 18.3 Å². The summed E-state index contributed by atoms with van der Waals surface area (Å²) in [5, 5.41) is 3.99. The Morgan fingerprint density at radius 2 is 1.67 bits per heavy atom. The number of carbonyl (C=O) groups is 2. The van der Waals surface area contributed by atoms with Crippen LogP contribution >= 0.6 is 34.8 Å². The summed E-state index contributed by atoms with van der Waals surface area (Å²) in [5.41, 5.74) is 0.720. The van der Waals surface area contributed by atoms with Gasteiger partial charge in [0.05, 0.1) is 27.7 Å². The molecule has 4 rings (SSSR count). The van der Waals surface area contributed by atoms with Gasteiger partial charge in [-0.2, -0.15) is 0 Å². The third-order valence-electron chi connectivity index (χ3n) is 7.44. The molecule has 1 atom stereocenters. The van der Waals surface area contributed by atoms with Crippen LogP contribution in [-0.4, -0.2) is 50.9 Å². The molecule has 0 aliphatic heterocycles. The number of benzene rings is 3. The van der Waals surface area contributed by atoms with Crippen molar-refractivity contribution in [3.05, 3.63) is 87.4 Å². The monoisotopic (exact) mass is 665 g/mol. The van der Waals surface area contributed by atoms with Crippen molar-refractivity contribution in [1.29, 1.82) is 0 Å². The lowest BCUT2D eigenvalue weighted by atomic mass is 10.1. The molecule has 0 spiro atoms. The highest BCUT2D eigenvalue weighted by Crippen LogP contribution is 2.35. The lowest BCUT2D eigenvalue weighted by Crippen LogP contribution is -2.53. The fourth-order valence-electron chi connectivity index (χ4n) is 5.21. The maximum atomic E-state index is 14.3. The number of halogens is 3. The predicted molar refractivity (Wildman–Crippen MR) is 170 cm³/mol. The number of hydrogen-bond acceptors (Lipinski definition) is 5.